The summed E-state index contributed by atoms with van der Waals surface area (Å²) >= 11 is 3.54. The Balaban J connectivity index is 1.45. The molecule has 1 aromatic heterocycles. The summed E-state index contributed by atoms with van der Waals surface area (Å²) in [6, 6.07) is 8.36. The lowest BCUT2D eigenvalue weighted by molar-refractivity contribution is -0.119. The number of benzene rings is 1. The maximum absolute atomic E-state index is 13.2. The van der Waals surface area contributed by atoms with Crippen molar-refractivity contribution in [2.75, 3.05) is 19.6 Å². The number of amides is 2. The summed E-state index contributed by atoms with van der Waals surface area (Å²) in [7, 11) is 0. The van der Waals surface area contributed by atoms with Crippen LogP contribution in [0.15, 0.2) is 34.9 Å². The van der Waals surface area contributed by atoms with Gasteiger partial charge < -0.3 is 10.2 Å². The third-order valence-corrected chi connectivity index (χ3v) is 6.34. The van der Waals surface area contributed by atoms with Gasteiger partial charge in [0.15, 0.2) is 0 Å². The number of halogens is 1. The maximum Gasteiger partial charge on any atom is 0.257 e. The van der Waals surface area contributed by atoms with Crippen LogP contribution in [0.1, 0.15) is 47.3 Å². The third kappa shape index (κ3) is 3.99. The van der Waals surface area contributed by atoms with Crippen molar-refractivity contribution in [1.82, 2.24) is 20.0 Å². The number of aryl methyl sites for hydroxylation is 1. The quantitative estimate of drug-likeness (QED) is 0.787. The van der Waals surface area contributed by atoms with E-state index >= 15 is 0 Å². The molecular weight excluding hydrogens is 420 g/mol. The molecule has 148 valence electrons. The van der Waals surface area contributed by atoms with Gasteiger partial charge in [0.2, 0.25) is 5.91 Å². The van der Waals surface area contributed by atoms with Crippen LogP contribution in [0.5, 0.6) is 0 Å². The maximum atomic E-state index is 13.2. The molecule has 0 aliphatic carbocycles. The first-order valence-corrected chi connectivity index (χ1v) is 10.6. The molecular formula is C21H25BrN4O2. The van der Waals surface area contributed by atoms with Gasteiger partial charge in [-0.2, -0.15) is 5.10 Å². The van der Waals surface area contributed by atoms with E-state index in [1.807, 2.05) is 21.7 Å². The highest BCUT2D eigenvalue weighted by Crippen LogP contribution is 2.31. The Morgan fingerprint density at radius 3 is 2.93 bits per heavy atom. The second kappa shape index (κ2) is 8.07. The minimum absolute atomic E-state index is 0.00830. The first kappa shape index (κ1) is 19.2. The van der Waals surface area contributed by atoms with Crippen molar-refractivity contribution in [1.29, 1.82) is 0 Å². The molecule has 3 heterocycles. The number of rotatable bonds is 4. The number of carbonyl (C=O) groups excluding carboxylic acids is 2. The van der Waals surface area contributed by atoms with E-state index < -0.39 is 0 Å². The molecule has 2 aliphatic rings. The summed E-state index contributed by atoms with van der Waals surface area (Å²) in [5.41, 5.74) is 3.01. The van der Waals surface area contributed by atoms with Crippen molar-refractivity contribution in [2.45, 2.75) is 38.6 Å². The average molecular weight is 445 g/mol. The van der Waals surface area contributed by atoms with Crippen LogP contribution in [0.2, 0.25) is 0 Å². The van der Waals surface area contributed by atoms with Gasteiger partial charge in [-0.1, -0.05) is 28.1 Å². The van der Waals surface area contributed by atoms with Gasteiger partial charge in [0.25, 0.3) is 5.91 Å². The van der Waals surface area contributed by atoms with E-state index in [1.165, 1.54) is 12.5 Å². The zero-order valence-electron chi connectivity index (χ0n) is 16.0. The van der Waals surface area contributed by atoms with Crippen molar-refractivity contribution in [2.24, 2.45) is 5.92 Å². The van der Waals surface area contributed by atoms with Crippen LogP contribution in [0.25, 0.3) is 0 Å². The largest absolute Gasteiger partial charge is 0.356 e. The summed E-state index contributed by atoms with van der Waals surface area (Å²) < 4.78 is 3.03. The molecule has 0 radical (unpaired) electrons. The minimum Gasteiger partial charge on any atom is -0.356 e. The summed E-state index contributed by atoms with van der Waals surface area (Å²) in [4.78, 5) is 26.4. The van der Waals surface area contributed by atoms with Gasteiger partial charge in [0.1, 0.15) is 0 Å². The molecule has 1 saturated heterocycles. The molecule has 0 spiro atoms. The molecule has 1 N–H and O–H groups in total. The second-order valence-electron chi connectivity index (χ2n) is 7.82. The zero-order valence-corrected chi connectivity index (χ0v) is 17.6. The molecule has 1 fully saturated rings. The fourth-order valence-electron chi connectivity index (χ4n) is 4.29. The molecule has 0 saturated carbocycles. The molecule has 2 aromatic rings. The van der Waals surface area contributed by atoms with Crippen molar-refractivity contribution >= 4 is 27.7 Å². The Hall–Kier alpha value is -2.15. The van der Waals surface area contributed by atoms with E-state index in [1.54, 1.807) is 6.20 Å². The summed E-state index contributed by atoms with van der Waals surface area (Å²) in [6.07, 6.45) is 4.46. The lowest BCUT2D eigenvalue weighted by atomic mass is 9.94. The van der Waals surface area contributed by atoms with E-state index in [9.17, 15) is 9.59 Å². The van der Waals surface area contributed by atoms with Crippen LogP contribution in [-0.2, 0) is 17.8 Å². The van der Waals surface area contributed by atoms with Crippen molar-refractivity contribution < 1.29 is 9.59 Å². The summed E-state index contributed by atoms with van der Waals surface area (Å²) in [5, 5.41) is 7.35. The van der Waals surface area contributed by atoms with Crippen molar-refractivity contribution in [3.05, 3.63) is 51.8 Å². The smallest absolute Gasteiger partial charge is 0.257 e. The number of carbonyl (C=O) groups is 2. The molecule has 2 atom stereocenters. The van der Waals surface area contributed by atoms with Crippen LogP contribution in [0.4, 0.5) is 0 Å². The standard InChI is InChI=1S/C21H25BrN4O2/c1-14(27)23-11-15-5-8-26-20(9-15)19(12-24-26)21(28)25-7-6-17(13-25)16-3-2-4-18(22)10-16/h2-4,10,12,15,17H,5-9,11,13H2,1H3,(H,23,27). The highest BCUT2D eigenvalue weighted by Gasteiger charge is 2.32. The number of nitrogens with one attached hydrogen (secondary N) is 1. The number of aromatic nitrogens is 2. The molecule has 1 aromatic carbocycles. The van der Waals surface area contributed by atoms with Gasteiger partial charge in [-0.25, -0.2) is 0 Å². The van der Waals surface area contributed by atoms with E-state index in [4.69, 9.17) is 0 Å². The molecule has 2 amide bonds. The Morgan fingerprint density at radius 2 is 2.14 bits per heavy atom. The fraction of sp³-hybridized carbons (Fsp3) is 0.476. The van der Waals surface area contributed by atoms with Crippen LogP contribution in [0.3, 0.4) is 0 Å². The van der Waals surface area contributed by atoms with E-state index in [-0.39, 0.29) is 11.8 Å². The van der Waals surface area contributed by atoms with Gasteiger partial charge in [0.05, 0.1) is 17.5 Å². The molecule has 2 aliphatic heterocycles. The molecule has 28 heavy (non-hydrogen) atoms. The predicted octanol–water partition coefficient (Wildman–Crippen LogP) is 2.97. The number of hydrogen-bond donors (Lipinski definition) is 1. The van der Waals surface area contributed by atoms with Gasteiger partial charge in [-0.15, -0.1) is 0 Å². The lowest BCUT2D eigenvalue weighted by Gasteiger charge is -2.25. The number of nitrogens with zero attached hydrogens (tertiary/aromatic N) is 3. The molecule has 2 unspecified atom stereocenters. The Kier molecular flexibility index (Phi) is 5.53. The minimum atomic E-state index is -0.00830. The van der Waals surface area contributed by atoms with Gasteiger partial charge in [-0.3, -0.25) is 14.3 Å². The van der Waals surface area contributed by atoms with Crippen LogP contribution in [-0.4, -0.2) is 46.1 Å². The average Bonchev–Trinajstić information content (AvgIpc) is 3.33. The Labute approximate surface area is 173 Å². The first-order valence-electron chi connectivity index (χ1n) is 9.85. The molecule has 6 nitrogen and oxygen atoms in total. The second-order valence-corrected chi connectivity index (χ2v) is 8.73. The number of hydrogen-bond acceptors (Lipinski definition) is 3. The van der Waals surface area contributed by atoms with Crippen LogP contribution < -0.4 is 5.32 Å². The van der Waals surface area contributed by atoms with Crippen molar-refractivity contribution in [3.63, 3.8) is 0 Å². The molecule has 0 bridgehead atoms. The van der Waals surface area contributed by atoms with Gasteiger partial charge in [-0.05, 0) is 42.9 Å². The topological polar surface area (TPSA) is 67.2 Å². The van der Waals surface area contributed by atoms with E-state index in [2.05, 4.69) is 38.5 Å². The molecule has 4 rings (SSSR count). The Bertz CT molecular complexity index is 894. The monoisotopic (exact) mass is 444 g/mol. The first-order chi connectivity index (χ1) is 13.5. The fourth-order valence-corrected chi connectivity index (χ4v) is 4.70. The van der Waals surface area contributed by atoms with Crippen LogP contribution >= 0.6 is 15.9 Å². The number of fused-ring (bicyclic) bond motifs is 1. The number of likely N-dealkylation sites (tertiary alicyclic amines) is 1. The van der Waals surface area contributed by atoms with Gasteiger partial charge in [0, 0.05) is 43.5 Å². The third-order valence-electron chi connectivity index (χ3n) is 5.85. The zero-order chi connectivity index (χ0) is 19.7. The van der Waals surface area contributed by atoms with E-state index in [0.717, 1.165) is 54.6 Å². The molecule has 7 heteroatoms. The predicted molar refractivity (Wildman–Crippen MR) is 110 cm³/mol. The highest BCUT2D eigenvalue weighted by molar-refractivity contribution is 9.10. The lowest BCUT2D eigenvalue weighted by Crippen LogP contribution is -2.34. The van der Waals surface area contributed by atoms with E-state index in [0.29, 0.717) is 18.4 Å². The van der Waals surface area contributed by atoms with Crippen LogP contribution in [0, 0.1) is 5.92 Å². The highest BCUT2D eigenvalue weighted by atomic mass is 79.9. The van der Waals surface area contributed by atoms with Crippen molar-refractivity contribution in [3.8, 4) is 0 Å². The summed E-state index contributed by atoms with van der Waals surface area (Å²) in [5.74, 6) is 0.804. The van der Waals surface area contributed by atoms with Gasteiger partial charge >= 0.3 is 0 Å². The SMILES string of the molecule is CC(=O)NCC1CCn2ncc(C(=O)N3CCC(c4cccc(Br)c4)C3)c2C1. The summed E-state index contributed by atoms with van der Waals surface area (Å²) in [6.45, 7) is 4.51. The normalized spacial score (nSPS) is 21.4. The Morgan fingerprint density at radius 1 is 1.29 bits per heavy atom.